The summed E-state index contributed by atoms with van der Waals surface area (Å²) < 4.78 is 0. The van der Waals surface area contributed by atoms with Crippen molar-refractivity contribution in [1.29, 1.82) is 0 Å². The van der Waals surface area contributed by atoms with Crippen molar-refractivity contribution in [3.8, 4) is 0 Å². The highest BCUT2D eigenvalue weighted by Gasteiger charge is 2.14. The Labute approximate surface area is 95.0 Å². The third kappa shape index (κ3) is 5.67. The molecule has 15 heavy (non-hydrogen) atoms. The van der Waals surface area contributed by atoms with Crippen LogP contribution < -0.4 is 0 Å². The van der Waals surface area contributed by atoms with E-state index in [1.165, 1.54) is 11.8 Å². The Hall–Kier alpha value is -0.710. The maximum absolute atomic E-state index is 11.5. The number of carbonyl (C=O) groups is 2. The van der Waals surface area contributed by atoms with Gasteiger partial charge in [-0.3, -0.25) is 9.59 Å². The second kappa shape index (κ2) is 6.71. The lowest BCUT2D eigenvalue weighted by atomic mass is 10.2. The van der Waals surface area contributed by atoms with E-state index in [4.69, 9.17) is 5.11 Å². The van der Waals surface area contributed by atoms with Crippen LogP contribution in [0.2, 0.25) is 0 Å². The average molecular weight is 233 g/mol. The van der Waals surface area contributed by atoms with Crippen LogP contribution in [0.15, 0.2) is 0 Å². The highest BCUT2D eigenvalue weighted by atomic mass is 32.2. The summed E-state index contributed by atoms with van der Waals surface area (Å²) in [7, 11) is 1.76. The lowest BCUT2D eigenvalue weighted by Crippen LogP contribution is -2.34. The number of aliphatic carboxylic acids is 1. The smallest absolute Gasteiger partial charge is 0.307 e. The van der Waals surface area contributed by atoms with Crippen molar-refractivity contribution >= 4 is 23.6 Å². The van der Waals surface area contributed by atoms with E-state index in [1.54, 1.807) is 18.9 Å². The van der Waals surface area contributed by atoms with Gasteiger partial charge < -0.3 is 10.0 Å². The topological polar surface area (TPSA) is 57.6 Å². The highest BCUT2D eigenvalue weighted by molar-refractivity contribution is 7.99. The van der Waals surface area contributed by atoms with Crippen molar-refractivity contribution in [1.82, 2.24) is 4.90 Å². The first-order valence-electron chi connectivity index (χ1n) is 4.92. The third-order valence-corrected chi connectivity index (χ3v) is 3.37. The quantitative estimate of drug-likeness (QED) is 0.751. The Morgan fingerprint density at radius 1 is 1.33 bits per heavy atom. The number of carboxylic acid groups (broad SMARTS) is 1. The first-order chi connectivity index (χ1) is 6.86. The van der Waals surface area contributed by atoms with Gasteiger partial charge in [-0.25, -0.2) is 0 Å². The van der Waals surface area contributed by atoms with Gasteiger partial charge in [-0.15, -0.1) is 0 Å². The highest BCUT2D eigenvalue weighted by Crippen LogP contribution is 2.10. The molecule has 4 nitrogen and oxygen atoms in total. The molecule has 0 saturated heterocycles. The first-order valence-corrected chi connectivity index (χ1v) is 6.08. The molecule has 0 heterocycles. The van der Waals surface area contributed by atoms with Gasteiger partial charge in [-0.1, -0.05) is 6.92 Å². The molecule has 0 rings (SSSR count). The lowest BCUT2D eigenvalue weighted by Gasteiger charge is -2.21. The van der Waals surface area contributed by atoms with Crippen molar-refractivity contribution in [2.24, 2.45) is 5.92 Å². The van der Waals surface area contributed by atoms with Gasteiger partial charge in [0.15, 0.2) is 0 Å². The summed E-state index contributed by atoms with van der Waals surface area (Å²) in [6.45, 7) is 5.54. The summed E-state index contributed by atoms with van der Waals surface area (Å²) >= 11 is 1.37. The molecule has 0 fully saturated rings. The van der Waals surface area contributed by atoms with Crippen molar-refractivity contribution in [3.05, 3.63) is 0 Å². The largest absolute Gasteiger partial charge is 0.481 e. The number of amides is 1. The maximum Gasteiger partial charge on any atom is 0.307 e. The molecule has 0 aromatic carbocycles. The summed E-state index contributed by atoms with van der Waals surface area (Å²) in [5.74, 6) is -0.328. The molecule has 0 spiro atoms. The second-order valence-electron chi connectivity index (χ2n) is 3.85. The van der Waals surface area contributed by atoms with Crippen LogP contribution in [0.1, 0.15) is 20.8 Å². The van der Waals surface area contributed by atoms with E-state index in [2.05, 4.69) is 0 Å². The van der Waals surface area contributed by atoms with Crippen LogP contribution >= 0.6 is 11.8 Å². The zero-order chi connectivity index (χ0) is 12.0. The molecule has 5 heteroatoms. The number of rotatable bonds is 6. The Bertz CT molecular complexity index is 231. The normalized spacial score (nSPS) is 12.6. The third-order valence-electron chi connectivity index (χ3n) is 2.18. The predicted octanol–water partition coefficient (Wildman–Crippen LogP) is 1.31. The number of nitrogens with zero attached hydrogens (tertiary/aromatic N) is 1. The van der Waals surface area contributed by atoms with E-state index in [9.17, 15) is 9.59 Å². The van der Waals surface area contributed by atoms with E-state index < -0.39 is 11.9 Å². The molecule has 0 aliphatic rings. The van der Waals surface area contributed by atoms with Gasteiger partial charge in [-0.2, -0.15) is 11.8 Å². The Morgan fingerprint density at radius 2 is 1.87 bits per heavy atom. The van der Waals surface area contributed by atoms with Crippen LogP contribution in [-0.2, 0) is 9.59 Å². The van der Waals surface area contributed by atoms with Crippen LogP contribution in [-0.4, -0.2) is 46.5 Å². The van der Waals surface area contributed by atoms with E-state index >= 15 is 0 Å². The van der Waals surface area contributed by atoms with E-state index in [0.717, 1.165) is 0 Å². The monoisotopic (exact) mass is 233 g/mol. The van der Waals surface area contributed by atoms with Gasteiger partial charge in [-0.05, 0) is 13.8 Å². The maximum atomic E-state index is 11.5. The fourth-order valence-corrected chi connectivity index (χ4v) is 1.78. The molecular weight excluding hydrogens is 214 g/mol. The van der Waals surface area contributed by atoms with Crippen molar-refractivity contribution in [2.75, 3.05) is 18.6 Å². The fraction of sp³-hybridized carbons (Fsp3) is 0.800. The summed E-state index contributed by atoms with van der Waals surface area (Å²) in [4.78, 5) is 23.7. The molecule has 1 atom stereocenters. The molecule has 0 aliphatic heterocycles. The van der Waals surface area contributed by atoms with Gasteiger partial charge in [0.2, 0.25) is 5.91 Å². The zero-order valence-electron chi connectivity index (χ0n) is 9.69. The predicted molar refractivity (Wildman–Crippen MR) is 62.0 cm³/mol. The SMILES string of the molecule is CC(CSCC(=O)N(C)C(C)C)C(=O)O. The van der Waals surface area contributed by atoms with Crippen LogP contribution in [0, 0.1) is 5.92 Å². The molecule has 1 N–H and O–H groups in total. The van der Waals surface area contributed by atoms with E-state index in [1.807, 2.05) is 13.8 Å². The van der Waals surface area contributed by atoms with Crippen molar-refractivity contribution in [2.45, 2.75) is 26.8 Å². The van der Waals surface area contributed by atoms with Gasteiger partial charge in [0.1, 0.15) is 0 Å². The summed E-state index contributed by atoms with van der Waals surface area (Å²) in [5, 5.41) is 8.64. The summed E-state index contributed by atoms with van der Waals surface area (Å²) in [5.41, 5.74) is 0. The second-order valence-corrected chi connectivity index (χ2v) is 4.88. The Morgan fingerprint density at radius 3 is 2.27 bits per heavy atom. The molecule has 0 aromatic rings. The van der Waals surface area contributed by atoms with Crippen LogP contribution in [0.4, 0.5) is 0 Å². The number of hydrogen-bond donors (Lipinski definition) is 1. The van der Waals surface area contributed by atoms with Gasteiger partial charge in [0, 0.05) is 18.8 Å². The van der Waals surface area contributed by atoms with Crippen molar-refractivity contribution in [3.63, 3.8) is 0 Å². The van der Waals surface area contributed by atoms with Crippen LogP contribution in [0.3, 0.4) is 0 Å². The number of carboxylic acids is 1. The zero-order valence-corrected chi connectivity index (χ0v) is 10.5. The van der Waals surface area contributed by atoms with Crippen LogP contribution in [0.25, 0.3) is 0 Å². The van der Waals surface area contributed by atoms with Gasteiger partial charge in [0.05, 0.1) is 11.7 Å². The minimum atomic E-state index is -0.813. The number of carbonyl (C=O) groups excluding carboxylic acids is 1. The van der Waals surface area contributed by atoms with Gasteiger partial charge in [0.25, 0.3) is 0 Å². The fourth-order valence-electron chi connectivity index (χ4n) is 0.784. The molecule has 0 radical (unpaired) electrons. The molecule has 1 unspecified atom stereocenters. The Balaban J connectivity index is 3.78. The van der Waals surface area contributed by atoms with Gasteiger partial charge >= 0.3 is 5.97 Å². The molecule has 0 saturated carbocycles. The van der Waals surface area contributed by atoms with Crippen LogP contribution in [0.5, 0.6) is 0 Å². The lowest BCUT2D eigenvalue weighted by molar-refractivity contribution is -0.140. The molecule has 0 aromatic heterocycles. The summed E-state index contributed by atoms with van der Waals surface area (Å²) in [6, 6.07) is 0.190. The summed E-state index contributed by atoms with van der Waals surface area (Å²) in [6.07, 6.45) is 0. The molecule has 1 amide bonds. The minimum absolute atomic E-state index is 0.0487. The molecule has 0 bridgehead atoms. The molecule has 0 aliphatic carbocycles. The molecular formula is C10H19NO3S. The van der Waals surface area contributed by atoms with Crippen molar-refractivity contribution < 1.29 is 14.7 Å². The number of hydrogen-bond acceptors (Lipinski definition) is 3. The first kappa shape index (κ1) is 14.3. The minimum Gasteiger partial charge on any atom is -0.481 e. The van der Waals surface area contributed by atoms with E-state index in [0.29, 0.717) is 11.5 Å². The Kier molecular flexibility index (Phi) is 6.40. The molecule has 88 valence electrons. The number of thioether (sulfide) groups is 1. The standard InChI is InChI=1S/C10H19NO3S/c1-7(2)11(4)9(12)6-15-5-8(3)10(13)14/h7-8H,5-6H2,1-4H3,(H,13,14). The average Bonchev–Trinajstić information content (AvgIpc) is 2.15. The van der Waals surface area contributed by atoms with E-state index in [-0.39, 0.29) is 11.9 Å².